The zero-order chi connectivity index (χ0) is 15.4. The van der Waals surface area contributed by atoms with Crippen molar-refractivity contribution in [1.29, 1.82) is 0 Å². The van der Waals surface area contributed by atoms with Crippen molar-refractivity contribution in [1.82, 2.24) is 20.9 Å². The lowest BCUT2D eigenvalue weighted by Gasteiger charge is -2.53. The maximum absolute atomic E-state index is 10.8. The van der Waals surface area contributed by atoms with E-state index in [1.54, 1.807) is 4.90 Å². The number of nitrogens with two attached hydrogens (primary N) is 3. The summed E-state index contributed by atoms with van der Waals surface area (Å²) in [6, 6.07) is -1.02. The van der Waals surface area contributed by atoms with Crippen molar-refractivity contribution in [3.8, 4) is 0 Å². The smallest absolute Gasteiger partial charge is 0.404 e. The second-order valence-corrected chi connectivity index (χ2v) is 5.64. The van der Waals surface area contributed by atoms with Crippen molar-refractivity contribution in [2.45, 2.75) is 42.5 Å². The van der Waals surface area contributed by atoms with Gasteiger partial charge in [0.2, 0.25) is 0 Å². The van der Waals surface area contributed by atoms with Gasteiger partial charge in [0.05, 0.1) is 12.1 Å². The van der Waals surface area contributed by atoms with Crippen LogP contribution in [0.3, 0.4) is 0 Å². The van der Waals surface area contributed by atoms with Crippen LogP contribution in [0.25, 0.3) is 0 Å². The molecule has 0 aromatic rings. The Balaban J connectivity index is 1.93. The molecule has 0 saturated carbocycles. The number of carbonyl (C=O) groups excluding carboxylic acids is 1. The molecule has 21 heavy (non-hydrogen) atoms. The van der Waals surface area contributed by atoms with Gasteiger partial charge in [-0.05, 0) is 0 Å². The number of carbonyl (C=O) groups is 1. The van der Waals surface area contributed by atoms with E-state index in [0.29, 0.717) is 6.54 Å². The van der Waals surface area contributed by atoms with Gasteiger partial charge in [-0.1, -0.05) is 0 Å². The monoisotopic (exact) mass is 303 g/mol. The lowest BCUT2D eigenvalue weighted by molar-refractivity contribution is -0.243. The Morgan fingerprint density at radius 1 is 1.38 bits per heavy atom. The number of nitrogens with zero attached hydrogens (tertiary/aromatic N) is 1. The average molecular weight is 303 g/mol. The van der Waals surface area contributed by atoms with Gasteiger partial charge in [0.25, 0.3) is 0 Å². The lowest BCUT2D eigenvalue weighted by Crippen LogP contribution is -2.83. The lowest BCUT2D eigenvalue weighted by atomic mass is 9.86. The molecule has 11 N–H and O–H groups in total. The van der Waals surface area contributed by atoms with Crippen molar-refractivity contribution in [3.05, 3.63) is 0 Å². The molecule has 120 valence electrons. The van der Waals surface area contributed by atoms with Crippen LogP contribution in [-0.4, -0.2) is 70.5 Å². The zero-order valence-corrected chi connectivity index (χ0v) is 11.3. The highest BCUT2D eigenvalue weighted by atomic mass is 16.5. The van der Waals surface area contributed by atoms with E-state index in [-0.39, 0.29) is 13.0 Å². The molecule has 2 unspecified atom stereocenters. The minimum Gasteiger partial charge on any atom is -0.448 e. The largest absolute Gasteiger partial charge is 0.448 e. The van der Waals surface area contributed by atoms with Gasteiger partial charge in [0, 0.05) is 13.0 Å². The minimum atomic E-state index is -2.02. The van der Waals surface area contributed by atoms with Crippen LogP contribution in [0.1, 0.15) is 6.42 Å². The van der Waals surface area contributed by atoms with E-state index in [9.17, 15) is 15.0 Å². The first-order chi connectivity index (χ1) is 9.78. The Bertz CT molecular complexity index is 449. The molecule has 0 bridgehead atoms. The predicted octanol–water partition coefficient (Wildman–Crippen LogP) is -4.82. The first kappa shape index (κ1) is 14.9. The summed E-state index contributed by atoms with van der Waals surface area (Å²) in [5.41, 5.74) is 15.6. The summed E-state index contributed by atoms with van der Waals surface area (Å²) < 4.78 is 4.82. The van der Waals surface area contributed by atoms with Crippen molar-refractivity contribution >= 4 is 6.09 Å². The van der Waals surface area contributed by atoms with E-state index >= 15 is 0 Å². The summed E-state index contributed by atoms with van der Waals surface area (Å²) in [7, 11) is 0. The summed E-state index contributed by atoms with van der Waals surface area (Å²) in [5.74, 6) is -2.02. The predicted molar refractivity (Wildman–Crippen MR) is 69.7 cm³/mol. The summed E-state index contributed by atoms with van der Waals surface area (Å²) in [6.07, 6.45) is -2.10. The quantitative estimate of drug-likeness (QED) is 0.230. The fraction of sp³-hybridized carbons (Fsp3) is 0.900. The second-order valence-electron chi connectivity index (χ2n) is 5.64. The van der Waals surface area contributed by atoms with Crippen LogP contribution < -0.4 is 33.2 Å². The first-order valence-corrected chi connectivity index (χ1v) is 6.72. The number of aliphatic hydroxyl groups is 2. The van der Waals surface area contributed by atoms with Gasteiger partial charge in [-0.15, -0.1) is 0 Å². The van der Waals surface area contributed by atoms with Crippen LogP contribution in [0.5, 0.6) is 0 Å². The summed E-state index contributed by atoms with van der Waals surface area (Å²) in [4.78, 5) is 12.5. The third kappa shape index (κ3) is 2.02. The zero-order valence-electron chi connectivity index (χ0n) is 11.3. The molecule has 0 radical (unpaired) electrons. The maximum Gasteiger partial charge on any atom is 0.404 e. The highest BCUT2D eigenvalue weighted by Crippen LogP contribution is 2.43. The van der Waals surface area contributed by atoms with E-state index in [2.05, 4.69) is 16.0 Å². The van der Waals surface area contributed by atoms with Gasteiger partial charge in [-0.2, -0.15) is 0 Å². The van der Waals surface area contributed by atoms with Gasteiger partial charge in [-0.25, -0.2) is 4.79 Å². The molecule has 3 rings (SSSR count). The molecular formula is C10H21N7O4. The molecule has 0 aliphatic carbocycles. The molecule has 0 aromatic heterocycles. The molecular weight excluding hydrogens is 282 g/mol. The van der Waals surface area contributed by atoms with Crippen molar-refractivity contribution < 1.29 is 19.7 Å². The molecule has 11 heteroatoms. The van der Waals surface area contributed by atoms with Crippen LogP contribution >= 0.6 is 0 Å². The molecule has 3 aliphatic heterocycles. The molecule has 1 spiro atoms. The topological polar surface area (TPSA) is 184 Å². The van der Waals surface area contributed by atoms with E-state index in [1.165, 1.54) is 0 Å². The van der Waals surface area contributed by atoms with Gasteiger partial charge < -0.3 is 32.2 Å². The number of hydrogen-bond donors (Lipinski definition) is 8. The Kier molecular flexibility index (Phi) is 3.35. The van der Waals surface area contributed by atoms with Crippen LogP contribution in [0.15, 0.2) is 0 Å². The third-order valence-corrected chi connectivity index (χ3v) is 4.48. The molecule has 5 atom stereocenters. The molecule has 0 aromatic carbocycles. The van der Waals surface area contributed by atoms with Crippen LogP contribution in [0.2, 0.25) is 0 Å². The summed E-state index contributed by atoms with van der Waals surface area (Å²) >= 11 is 0. The molecule has 3 heterocycles. The normalized spacial score (nSPS) is 45.1. The molecule has 3 fully saturated rings. The second kappa shape index (κ2) is 4.72. The summed E-state index contributed by atoms with van der Waals surface area (Å²) in [6.45, 7) is 0.309. The maximum atomic E-state index is 10.8. The Labute approximate surface area is 120 Å². The number of nitrogens with one attached hydrogen (secondary N) is 3. The highest BCUT2D eigenvalue weighted by molar-refractivity contribution is 5.64. The molecule has 3 aliphatic rings. The van der Waals surface area contributed by atoms with Crippen LogP contribution in [0.4, 0.5) is 4.79 Å². The number of hydrogen-bond acceptors (Lipinski definition) is 10. The Morgan fingerprint density at radius 3 is 2.76 bits per heavy atom. The van der Waals surface area contributed by atoms with E-state index in [4.69, 9.17) is 21.9 Å². The van der Waals surface area contributed by atoms with E-state index in [1.807, 2.05) is 0 Å². The summed E-state index contributed by atoms with van der Waals surface area (Å²) in [5, 5.41) is 29.9. The first-order valence-electron chi connectivity index (χ1n) is 6.72. The number of amides is 1. The third-order valence-electron chi connectivity index (χ3n) is 4.48. The van der Waals surface area contributed by atoms with Gasteiger partial charge in [0.1, 0.15) is 24.8 Å². The fourth-order valence-electron chi connectivity index (χ4n) is 3.67. The van der Waals surface area contributed by atoms with Crippen molar-refractivity contribution in [2.75, 3.05) is 13.2 Å². The van der Waals surface area contributed by atoms with Gasteiger partial charge in [0.15, 0.2) is 5.79 Å². The SMILES string of the molecule is NC(=O)OC[C@@H]1NC(N)N2CCC(O)(O)[C@@]23NC(N)N[C@H]13. The number of rotatable bonds is 2. The number of primary amides is 1. The molecule has 1 amide bonds. The highest BCUT2D eigenvalue weighted by Gasteiger charge is 2.70. The van der Waals surface area contributed by atoms with Crippen molar-refractivity contribution in [3.63, 3.8) is 0 Å². The van der Waals surface area contributed by atoms with E-state index in [0.717, 1.165) is 0 Å². The van der Waals surface area contributed by atoms with Gasteiger partial charge >= 0.3 is 6.09 Å². The minimum absolute atomic E-state index is 0.0687. The standard InChI is InChI=1S/C10H21N7O4/c11-6-15-5-4(3-21-8(13)18)14-7(12)17-2-1-9(19,20)10(5,17)16-6/h4-7,14-16,19-20H,1-3,11-12H2,(H2,13,18)/t4-,5+,6?,7?,10-/m0/s1. The average Bonchev–Trinajstić information content (AvgIpc) is 2.85. The number of ether oxygens (including phenoxy) is 1. The van der Waals surface area contributed by atoms with Crippen LogP contribution in [0, 0.1) is 0 Å². The van der Waals surface area contributed by atoms with Crippen molar-refractivity contribution in [2.24, 2.45) is 17.2 Å². The molecule has 11 nitrogen and oxygen atoms in total. The van der Waals surface area contributed by atoms with Crippen LogP contribution in [-0.2, 0) is 4.74 Å². The van der Waals surface area contributed by atoms with E-state index < -0.39 is 42.2 Å². The fourth-order valence-corrected chi connectivity index (χ4v) is 3.67. The van der Waals surface area contributed by atoms with Gasteiger partial charge in [-0.3, -0.25) is 20.9 Å². The Hall–Kier alpha value is -1.05. The Morgan fingerprint density at radius 2 is 2.10 bits per heavy atom. The molecule has 3 saturated heterocycles.